The van der Waals surface area contributed by atoms with Gasteiger partial charge in [-0.05, 0) is 19.8 Å². The van der Waals surface area contributed by atoms with Crippen molar-refractivity contribution in [2.45, 2.75) is 26.0 Å². The van der Waals surface area contributed by atoms with E-state index in [1.165, 1.54) is 0 Å². The maximum atomic E-state index is 11.4. The molecule has 0 saturated carbocycles. The molecule has 2 rings (SSSR count). The smallest absolute Gasteiger partial charge is 0.294 e. The van der Waals surface area contributed by atoms with E-state index in [2.05, 4.69) is 4.90 Å². The Morgan fingerprint density at radius 3 is 2.47 bits per heavy atom. The second-order valence-corrected chi connectivity index (χ2v) is 4.92. The molecule has 0 spiro atoms. The summed E-state index contributed by atoms with van der Waals surface area (Å²) in [7, 11) is 0. The van der Waals surface area contributed by atoms with Crippen LogP contribution in [0.2, 0.25) is 0 Å². The number of benzene rings is 1. The van der Waals surface area contributed by atoms with E-state index in [1.54, 1.807) is 6.92 Å². The Morgan fingerprint density at radius 2 is 1.95 bits per heavy atom. The summed E-state index contributed by atoms with van der Waals surface area (Å²) in [6.07, 6.45) is 1.33. The zero-order valence-corrected chi connectivity index (χ0v) is 11.1. The van der Waals surface area contributed by atoms with E-state index in [0.717, 1.165) is 31.5 Å². The summed E-state index contributed by atoms with van der Waals surface area (Å²) in [6, 6.07) is 9.69. The number of piperidine rings is 1. The summed E-state index contributed by atoms with van der Waals surface area (Å²) in [6.45, 7) is 3.70. The Morgan fingerprint density at radius 1 is 1.32 bits per heavy atom. The number of Topliss-reactive ketones (excluding diaryl/α,β-unsaturated/α-hetero) is 1. The maximum Gasteiger partial charge on any atom is 0.294 e. The van der Waals surface area contributed by atoms with Crippen LogP contribution in [0.5, 0.6) is 0 Å². The highest BCUT2D eigenvalue weighted by Gasteiger charge is 2.28. The zero-order valence-electron chi connectivity index (χ0n) is 11.1. The van der Waals surface area contributed by atoms with Crippen molar-refractivity contribution in [3.8, 4) is 0 Å². The largest absolute Gasteiger partial charge is 0.444 e. The second kappa shape index (κ2) is 6.48. The Bertz CT molecular complexity index is 424. The van der Waals surface area contributed by atoms with Crippen LogP contribution in [-0.2, 0) is 14.3 Å². The number of hydrogen-bond donors (Lipinski definition) is 0. The van der Waals surface area contributed by atoms with Crippen molar-refractivity contribution >= 4 is 12.3 Å². The lowest BCUT2D eigenvalue weighted by Gasteiger charge is -2.35. The lowest BCUT2D eigenvalue weighted by molar-refractivity contribution is -0.147. The van der Waals surface area contributed by atoms with Gasteiger partial charge in [-0.3, -0.25) is 14.5 Å². The van der Waals surface area contributed by atoms with E-state index < -0.39 is 0 Å². The van der Waals surface area contributed by atoms with Crippen molar-refractivity contribution in [1.82, 2.24) is 4.90 Å². The quantitative estimate of drug-likeness (QED) is 0.762. The average Bonchev–Trinajstić information content (AvgIpc) is 2.46. The molecule has 1 aliphatic heterocycles. The number of rotatable bonds is 5. The minimum absolute atomic E-state index is 0.156. The van der Waals surface area contributed by atoms with Crippen molar-refractivity contribution in [3.63, 3.8) is 0 Å². The summed E-state index contributed by atoms with van der Waals surface area (Å²) in [5, 5.41) is 0. The van der Waals surface area contributed by atoms with Crippen LogP contribution in [-0.4, -0.2) is 30.2 Å². The monoisotopic (exact) mass is 261 g/mol. The predicted molar refractivity (Wildman–Crippen MR) is 71.3 cm³/mol. The Balaban J connectivity index is 2.05. The minimum atomic E-state index is -0.341. The number of carbonyl (C=O) groups is 2. The lowest BCUT2D eigenvalue weighted by atomic mass is 9.93. The van der Waals surface area contributed by atoms with Crippen LogP contribution in [0.3, 0.4) is 0 Å². The van der Waals surface area contributed by atoms with Gasteiger partial charge in [0, 0.05) is 24.6 Å². The molecular weight excluding hydrogens is 242 g/mol. The third-order valence-corrected chi connectivity index (χ3v) is 3.71. The van der Waals surface area contributed by atoms with Crippen molar-refractivity contribution in [3.05, 3.63) is 35.9 Å². The van der Waals surface area contributed by atoms with Crippen LogP contribution in [0.15, 0.2) is 30.3 Å². The number of ether oxygens (including phenoxy) is 1. The van der Waals surface area contributed by atoms with Crippen LogP contribution in [0.1, 0.15) is 31.6 Å². The van der Waals surface area contributed by atoms with Gasteiger partial charge in [0.1, 0.15) is 5.78 Å². The summed E-state index contributed by atoms with van der Waals surface area (Å²) in [4.78, 5) is 24.2. The summed E-state index contributed by atoms with van der Waals surface area (Å²) < 4.78 is 5.22. The van der Waals surface area contributed by atoms with E-state index in [9.17, 15) is 9.59 Å². The second-order valence-electron chi connectivity index (χ2n) is 4.92. The molecule has 4 heteroatoms. The number of hydrogen-bond acceptors (Lipinski definition) is 4. The van der Waals surface area contributed by atoms with Gasteiger partial charge in [0.15, 0.2) is 6.23 Å². The van der Waals surface area contributed by atoms with Gasteiger partial charge in [-0.25, -0.2) is 0 Å². The molecule has 1 aromatic rings. The average molecular weight is 261 g/mol. The van der Waals surface area contributed by atoms with Crippen LogP contribution >= 0.6 is 0 Å². The van der Waals surface area contributed by atoms with Gasteiger partial charge < -0.3 is 4.74 Å². The third-order valence-electron chi connectivity index (χ3n) is 3.71. The fraction of sp³-hybridized carbons (Fsp3) is 0.467. The molecule has 0 bridgehead atoms. The Labute approximate surface area is 113 Å². The van der Waals surface area contributed by atoms with E-state index >= 15 is 0 Å². The summed E-state index contributed by atoms with van der Waals surface area (Å²) in [5.41, 5.74) is 0.968. The fourth-order valence-electron chi connectivity index (χ4n) is 2.59. The van der Waals surface area contributed by atoms with Crippen molar-refractivity contribution in [1.29, 1.82) is 0 Å². The first-order chi connectivity index (χ1) is 9.22. The number of carbonyl (C=O) groups excluding carboxylic acids is 2. The third kappa shape index (κ3) is 3.41. The van der Waals surface area contributed by atoms with Gasteiger partial charge in [0.05, 0.1) is 0 Å². The molecule has 4 nitrogen and oxygen atoms in total. The van der Waals surface area contributed by atoms with Crippen LogP contribution in [0.25, 0.3) is 0 Å². The SMILES string of the molecule is CC(=O)C1CCN(C(OC=O)c2ccccc2)CC1. The first-order valence-electron chi connectivity index (χ1n) is 6.61. The molecule has 0 radical (unpaired) electrons. The predicted octanol–water partition coefficient (Wildman–Crippen LogP) is 2.16. The van der Waals surface area contributed by atoms with Crippen LogP contribution < -0.4 is 0 Å². The molecule has 1 fully saturated rings. The van der Waals surface area contributed by atoms with Crippen molar-refractivity contribution in [2.24, 2.45) is 5.92 Å². The van der Waals surface area contributed by atoms with E-state index in [0.29, 0.717) is 6.47 Å². The highest BCUT2D eigenvalue weighted by Crippen LogP contribution is 2.27. The van der Waals surface area contributed by atoms with E-state index in [1.807, 2.05) is 30.3 Å². The molecule has 1 saturated heterocycles. The molecule has 102 valence electrons. The molecule has 1 heterocycles. The van der Waals surface area contributed by atoms with Gasteiger partial charge in [-0.1, -0.05) is 30.3 Å². The highest BCUT2D eigenvalue weighted by molar-refractivity contribution is 5.78. The van der Waals surface area contributed by atoms with Crippen molar-refractivity contribution < 1.29 is 14.3 Å². The molecule has 0 aromatic heterocycles. The molecule has 1 unspecified atom stereocenters. The van der Waals surface area contributed by atoms with Gasteiger partial charge in [-0.2, -0.15) is 0 Å². The lowest BCUT2D eigenvalue weighted by Crippen LogP contribution is -2.39. The van der Waals surface area contributed by atoms with E-state index in [4.69, 9.17) is 4.74 Å². The molecule has 0 amide bonds. The number of likely N-dealkylation sites (tertiary alicyclic amines) is 1. The molecule has 1 atom stereocenters. The van der Waals surface area contributed by atoms with Crippen LogP contribution in [0.4, 0.5) is 0 Å². The minimum Gasteiger partial charge on any atom is -0.444 e. The Hall–Kier alpha value is -1.68. The van der Waals surface area contributed by atoms with Gasteiger partial charge in [-0.15, -0.1) is 0 Å². The maximum absolute atomic E-state index is 11.4. The molecule has 0 aliphatic carbocycles. The summed E-state index contributed by atoms with van der Waals surface area (Å²) in [5.74, 6) is 0.413. The Kier molecular flexibility index (Phi) is 4.68. The molecule has 1 aromatic carbocycles. The number of ketones is 1. The number of nitrogens with zero attached hydrogens (tertiary/aromatic N) is 1. The highest BCUT2D eigenvalue weighted by atomic mass is 16.5. The van der Waals surface area contributed by atoms with Crippen molar-refractivity contribution in [2.75, 3.05) is 13.1 Å². The summed E-state index contributed by atoms with van der Waals surface area (Å²) >= 11 is 0. The van der Waals surface area contributed by atoms with Gasteiger partial charge in [0.2, 0.25) is 0 Å². The first-order valence-corrected chi connectivity index (χ1v) is 6.61. The van der Waals surface area contributed by atoms with Crippen LogP contribution in [0, 0.1) is 5.92 Å². The fourth-order valence-corrected chi connectivity index (χ4v) is 2.59. The van der Waals surface area contributed by atoms with E-state index in [-0.39, 0.29) is 17.9 Å². The first kappa shape index (κ1) is 13.7. The molecule has 0 N–H and O–H groups in total. The normalized spacial score (nSPS) is 18.8. The van der Waals surface area contributed by atoms with Gasteiger partial charge >= 0.3 is 0 Å². The molecule has 19 heavy (non-hydrogen) atoms. The molecule has 1 aliphatic rings. The molecular formula is C15H19NO3. The topological polar surface area (TPSA) is 46.6 Å². The zero-order chi connectivity index (χ0) is 13.7. The standard InChI is InChI=1S/C15H19NO3/c1-12(18)13-7-9-16(10-8-13)15(19-11-17)14-5-3-2-4-6-14/h2-6,11,13,15H,7-10H2,1H3. The van der Waals surface area contributed by atoms with Gasteiger partial charge in [0.25, 0.3) is 6.47 Å².